The van der Waals surface area contributed by atoms with E-state index < -0.39 is 12.1 Å². The van der Waals surface area contributed by atoms with Crippen LogP contribution in [-0.4, -0.2) is 49.3 Å². The SMILES string of the molecule is CC(C)CC(CNC(=O)Oc1cccc(C2=CCCCC2CN(C)C)c1)CC(=O)O. The molecule has 1 aromatic carbocycles. The first-order chi connectivity index (χ1) is 14.2. The molecular weight excluding hydrogens is 380 g/mol. The van der Waals surface area contributed by atoms with Crippen molar-refractivity contribution >= 4 is 17.6 Å². The minimum atomic E-state index is -0.850. The normalized spacial score (nSPS) is 17.5. The van der Waals surface area contributed by atoms with E-state index in [2.05, 4.69) is 36.5 Å². The summed E-state index contributed by atoms with van der Waals surface area (Å²) in [5.74, 6) is 0.379. The number of ether oxygens (including phenoxy) is 1. The Morgan fingerprint density at radius 3 is 2.73 bits per heavy atom. The second kappa shape index (κ2) is 11.7. The minimum Gasteiger partial charge on any atom is -0.481 e. The van der Waals surface area contributed by atoms with Gasteiger partial charge in [0.05, 0.1) is 0 Å². The van der Waals surface area contributed by atoms with E-state index in [0.717, 1.165) is 31.4 Å². The fourth-order valence-electron chi connectivity index (χ4n) is 4.19. The number of carbonyl (C=O) groups is 2. The molecule has 1 aromatic rings. The number of allylic oxidation sites excluding steroid dienone is 1. The molecule has 0 saturated heterocycles. The van der Waals surface area contributed by atoms with E-state index >= 15 is 0 Å². The minimum absolute atomic E-state index is 0.0371. The van der Waals surface area contributed by atoms with E-state index in [1.807, 2.05) is 26.0 Å². The average Bonchev–Trinajstić information content (AvgIpc) is 2.65. The van der Waals surface area contributed by atoms with E-state index in [4.69, 9.17) is 9.84 Å². The molecule has 1 aliphatic rings. The van der Waals surface area contributed by atoms with Crippen LogP contribution in [0.15, 0.2) is 30.3 Å². The van der Waals surface area contributed by atoms with Crippen LogP contribution in [0.5, 0.6) is 5.75 Å². The number of nitrogens with one attached hydrogen (secondary N) is 1. The third-order valence-electron chi connectivity index (χ3n) is 5.33. The number of benzene rings is 1. The van der Waals surface area contributed by atoms with Gasteiger partial charge in [0.1, 0.15) is 5.75 Å². The van der Waals surface area contributed by atoms with Crippen LogP contribution in [0.3, 0.4) is 0 Å². The van der Waals surface area contributed by atoms with Crippen LogP contribution in [0.25, 0.3) is 5.57 Å². The second-order valence-electron chi connectivity index (χ2n) is 8.94. The van der Waals surface area contributed by atoms with Crippen LogP contribution >= 0.6 is 0 Å². The first-order valence-electron chi connectivity index (χ1n) is 10.9. The molecular formula is C24H36N2O4. The first kappa shape index (κ1) is 23.9. The molecule has 0 heterocycles. The highest BCUT2D eigenvalue weighted by atomic mass is 16.6. The Kier molecular flexibility index (Phi) is 9.37. The lowest BCUT2D eigenvalue weighted by atomic mass is 9.83. The van der Waals surface area contributed by atoms with E-state index in [1.165, 1.54) is 12.0 Å². The molecule has 0 aromatic heterocycles. The largest absolute Gasteiger partial charge is 0.481 e. The van der Waals surface area contributed by atoms with Crippen LogP contribution in [0.2, 0.25) is 0 Å². The monoisotopic (exact) mass is 416 g/mol. The maximum Gasteiger partial charge on any atom is 0.412 e. The maximum atomic E-state index is 12.3. The molecule has 1 aliphatic carbocycles. The molecule has 2 N–H and O–H groups in total. The molecule has 6 nitrogen and oxygen atoms in total. The predicted molar refractivity (Wildman–Crippen MR) is 120 cm³/mol. The van der Waals surface area contributed by atoms with Gasteiger partial charge in [-0.3, -0.25) is 4.79 Å². The summed E-state index contributed by atoms with van der Waals surface area (Å²) in [6.45, 7) is 5.38. The van der Waals surface area contributed by atoms with Gasteiger partial charge >= 0.3 is 12.1 Å². The van der Waals surface area contributed by atoms with Crippen LogP contribution in [0, 0.1) is 17.8 Å². The zero-order chi connectivity index (χ0) is 22.1. The molecule has 6 heteroatoms. The molecule has 0 spiro atoms. The summed E-state index contributed by atoms with van der Waals surface area (Å²) < 4.78 is 5.49. The van der Waals surface area contributed by atoms with Gasteiger partial charge in [0, 0.05) is 19.5 Å². The summed E-state index contributed by atoms with van der Waals surface area (Å²) in [5, 5.41) is 11.8. The summed E-state index contributed by atoms with van der Waals surface area (Å²) in [7, 11) is 4.18. The zero-order valence-corrected chi connectivity index (χ0v) is 18.7. The van der Waals surface area contributed by atoms with Crippen LogP contribution in [0.4, 0.5) is 4.79 Å². The van der Waals surface area contributed by atoms with E-state index in [-0.39, 0.29) is 12.3 Å². The van der Waals surface area contributed by atoms with Crippen molar-refractivity contribution in [1.82, 2.24) is 10.2 Å². The smallest absolute Gasteiger partial charge is 0.412 e. The molecule has 0 radical (unpaired) electrons. The fraction of sp³-hybridized carbons (Fsp3) is 0.583. The Bertz CT molecular complexity index is 742. The van der Waals surface area contributed by atoms with E-state index in [9.17, 15) is 9.59 Å². The fourth-order valence-corrected chi connectivity index (χ4v) is 4.19. The van der Waals surface area contributed by atoms with Crippen LogP contribution in [-0.2, 0) is 4.79 Å². The number of aliphatic carboxylic acids is 1. The standard InChI is InChI=1S/C24H36N2O4/c1-17(2)12-18(13-23(27)28)15-25-24(29)30-21-10-7-9-19(14-21)22-11-6-5-8-20(22)16-26(3)4/h7,9-11,14,17-18,20H,5-6,8,12-13,15-16H2,1-4H3,(H,25,29)(H,27,28). The first-order valence-corrected chi connectivity index (χ1v) is 10.9. The van der Waals surface area contributed by atoms with E-state index in [0.29, 0.717) is 24.1 Å². The zero-order valence-electron chi connectivity index (χ0n) is 18.7. The van der Waals surface area contributed by atoms with Crippen LogP contribution < -0.4 is 10.1 Å². The topological polar surface area (TPSA) is 78.9 Å². The van der Waals surface area contributed by atoms with Gasteiger partial charge in [0.25, 0.3) is 0 Å². The third-order valence-corrected chi connectivity index (χ3v) is 5.33. The lowest BCUT2D eigenvalue weighted by molar-refractivity contribution is -0.138. The van der Waals surface area contributed by atoms with Gasteiger partial charge in [-0.05, 0) is 80.8 Å². The molecule has 166 valence electrons. The highest BCUT2D eigenvalue weighted by molar-refractivity contribution is 5.73. The number of amides is 1. The number of nitrogens with zero attached hydrogens (tertiary/aromatic N) is 1. The van der Waals surface area contributed by atoms with Gasteiger partial charge in [-0.1, -0.05) is 32.1 Å². The van der Waals surface area contributed by atoms with Crippen molar-refractivity contribution in [2.45, 2.75) is 46.0 Å². The quantitative estimate of drug-likeness (QED) is 0.580. The number of hydrogen-bond donors (Lipinski definition) is 2. The van der Waals surface area contributed by atoms with Gasteiger partial charge < -0.3 is 20.1 Å². The summed E-state index contributed by atoms with van der Waals surface area (Å²) in [5.41, 5.74) is 2.41. The predicted octanol–water partition coefficient (Wildman–Crippen LogP) is 4.66. The third kappa shape index (κ3) is 8.19. The van der Waals surface area contributed by atoms with Crippen molar-refractivity contribution in [2.75, 3.05) is 27.2 Å². The highest BCUT2D eigenvalue weighted by Crippen LogP contribution is 2.34. The molecule has 2 atom stereocenters. The van der Waals surface area contributed by atoms with Gasteiger partial charge in [-0.25, -0.2) is 4.79 Å². The summed E-state index contributed by atoms with van der Waals surface area (Å²) in [6, 6.07) is 7.67. The van der Waals surface area contributed by atoms with Gasteiger partial charge in [0.2, 0.25) is 0 Å². The molecule has 0 saturated carbocycles. The Labute approximate surface area is 180 Å². The van der Waals surface area contributed by atoms with Gasteiger partial charge in [-0.15, -0.1) is 0 Å². The van der Waals surface area contributed by atoms with Crippen molar-refractivity contribution in [3.63, 3.8) is 0 Å². The summed E-state index contributed by atoms with van der Waals surface area (Å²) in [6.07, 6.45) is 5.98. The van der Waals surface area contributed by atoms with E-state index in [1.54, 1.807) is 6.07 Å². The number of carboxylic acids is 1. The molecule has 2 rings (SSSR count). The Morgan fingerprint density at radius 1 is 1.30 bits per heavy atom. The van der Waals surface area contributed by atoms with Crippen LogP contribution in [0.1, 0.15) is 51.5 Å². The number of carbonyl (C=O) groups excluding carboxylic acids is 1. The molecule has 2 unspecified atom stereocenters. The number of carboxylic acid groups (broad SMARTS) is 1. The van der Waals surface area contributed by atoms with Gasteiger partial charge in [0.15, 0.2) is 0 Å². The molecule has 0 bridgehead atoms. The van der Waals surface area contributed by atoms with Crippen molar-refractivity contribution in [3.05, 3.63) is 35.9 Å². The Morgan fingerprint density at radius 2 is 2.07 bits per heavy atom. The molecule has 30 heavy (non-hydrogen) atoms. The van der Waals surface area contributed by atoms with Gasteiger partial charge in [-0.2, -0.15) is 0 Å². The summed E-state index contributed by atoms with van der Waals surface area (Å²) >= 11 is 0. The lowest BCUT2D eigenvalue weighted by Crippen LogP contribution is -2.33. The molecule has 1 amide bonds. The lowest BCUT2D eigenvalue weighted by Gasteiger charge is -2.27. The average molecular weight is 417 g/mol. The molecule has 0 aliphatic heterocycles. The Balaban J connectivity index is 1.99. The Hall–Kier alpha value is -2.34. The summed E-state index contributed by atoms with van der Waals surface area (Å²) in [4.78, 5) is 25.6. The maximum absolute atomic E-state index is 12.3. The molecule has 0 fully saturated rings. The van der Waals surface area contributed by atoms with Crippen molar-refractivity contribution in [1.29, 1.82) is 0 Å². The van der Waals surface area contributed by atoms with Crippen molar-refractivity contribution in [3.8, 4) is 5.75 Å². The highest BCUT2D eigenvalue weighted by Gasteiger charge is 2.21. The van der Waals surface area contributed by atoms with Crippen molar-refractivity contribution in [2.24, 2.45) is 17.8 Å². The number of hydrogen-bond acceptors (Lipinski definition) is 4. The number of rotatable bonds is 10. The second-order valence-corrected chi connectivity index (χ2v) is 8.94. The van der Waals surface area contributed by atoms with Crippen molar-refractivity contribution < 1.29 is 19.4 Å².